The fraction of sp³-hybridized carbons (Fsp3) is 0.154. The smallest absolute Gasteiger partial charge is 0.144 e. The number of aryl methyl sites for hydroxylation is 1. The summed E-state index contributed by atoms with van der Waals surface area (Å²) >= 11 is 0. The quantitative estimate of drug-likeness (QED) is 0.461. The first-order valence-corrected chi connectivity index (χ1v) is 4.98. The number of nitrogens with one attached hydrogen (secondary N) is 1. The number of hydrogen-bond acceptors (Lipinski definition) is 3. The molecule has 0 saturated heterocycles. The Labute approximate surface area is 95.7 Å². The van der Waals surface area contributed by atoms with Crippen LogP contribution in [0.15, 0.2) is 42.9 Å². The SMILES string of the molecule is C=C(O/C=C/C)C(=N)c1cc(C)ccc1N. The summed E-state index contributed by atoms with van der Waals surface area (Å²) in [6, 6.07) is 5.53. The summed E-state index contributed by atoms with van der Waals surface area (Å²) in [6.07, 6.45) is 3.22. The summed E-state index contributed by atoms with van der Waals surface area (Å²) in [5.74, 6) is 0.287. The van der Waals surface area contributed by atoms with Crippen LogP contribution in [-0.2, 0) is 4.74 Å². The Morgan fingerprint density at radius 3 is 2.81 bits per heavy atom. The van der Waals surface area contributed by atoms with Crippen molar-refractivity contribution in [1.82, 2.24) is 0 Å². The summed E-state index contributed by atoms with van der Waals surface area (Å²) in [6.45, 7) is 7.47. The number of hydrogen-bond donors (Lipinski definition) is 2. The molecule has 0 unspecified atom stereocenters. The highest BCUT2D eigenvalue weighted by molar-refractivity contribution is 6.12. The zero-order valence-corrected chi connectivity index (χ0v) is 9.58. The van der Waals surface area contributed by atoms with Gasteiger partial charge in [-0.15, -0.1) is 0 Å². The standard InChI is InChI=1S/C13H16N2O/c1-4-7-16-10(3)13(15)11-8-9(2)5-6-12(11)14/h4-8,15H,3,14H2,1-2H3/b7-4+,15-13?. The third kappa shape index (κ3) is 2.73. The van der Waals surface area contributed by atoms with Gasteiger partial charge >= 0.3 is 0 Å². The molecule has 0 aliphatic rings. The van der Waals surface area contributed by atoms with E-state index < -0.39 is 0 Å². The fourth-order valence-electron chi connectivity index (χ4n) is 1.25. The molecule has 0 radical (unpaired) electrons. The van der Waals surface area contributed by atoms with E-state index in [0.717, 1.165) is 5.56 Å². The molecule has 1 rings (SSSR count). The first-order valence-electron chi connectivity index (χ1n) is 4.98. The molecule has 0 saturated carbocycles. The van der Waals surface area contributed by atoms with Crippen molar-refractivity contribution in [1.29, 1.82) is 5.41 Å². The van der Waals surface area contributed by atoms with Crippen LogP contribution in [0.3, 0.4) is 0 Å². The fourth-order valence-corrected chi connectivity index (χ4v) is 1.25. The average molecular weight is 216 g/mol. The number of ether oxygens (including phenoxy) is 1. The Bertz CT molecular complexity index is 447. The highest BCUT2D eigenvalue weighted by Gasteiger charge is 2.10. The molecule has 0 spiro atoms. The van der Waals surface area contributed by atoms with Gasteiger partial charge in [0.2, 0.25) is 0 Å². The molecule has 1 aromatic carbocycles. The van der Waals surface area contributed by atoms with Gasteiger partial charge in [0.05, 0.1) is 6.26 Å². The minimum Gasteiger partial charge on any atom is -0.464 e. The lowest BCUT2D eigenvalue weighted by atomic mass is 10.0. The highest BCUT2D eigenvalue weighted by Crippen LogP contribution is 2.17. The number of allylic oxidation sites excluding steroid dienone is 2. The van der Waals surface area contributed by atoms with Gasteiger partial charge in [0.1, 0.15) is 11.5 Å². The first kappa shape index (κ1) is 12.0. The predicted octanol–water partition coefficient (Wildman–Crippen LogP) is 3.01. The van der Waals surface area contributed by atoms with Gasteiger partial charge < -0.3 is 10.5 Å². The maximum atomic E-state index is 7.91. The lowest BCUT2D eigenvalue weighted by molar-refractivity contribution is 0.378. The van der Waals surface area contributed by atoms with Gasteiger partial charge in [-0.2, -0.15) is 0 Å². The Morgan fingerprint density at radius 1 is 1.50 bits per heavy atom. The highest BCUT2D eigenvalue weighted by atomic mass is 16.5. The van der Waals surface area contributed by atoms with Gasteiger partial charge in [-0.3, -0.25) is 5.41 Å². The molecule has 3 heteroatoms. The number of rotatable bonds is 4. The van der Waals surface area contributed by atoms with Crippen LogP contribution in [-0.4, -0.2) is 5.71 Å². The van der Waals surface area contributed by atoms with Gasteiger partial charge in [-0.05, 0) is 26.0 Å². The van der Waals surface area contributed by atoms with Gasteiger partial charge in [-0.25, -0.2) is 0 Å². The Kier molecular flexibility index (Phi) is 3.89. The summed E-state index contributed by atoms with van der Waals surface area (Å²) < 4.78 is 5.15. The Balaban J connectivity index is 2.96. The molecule has 1 aromatic rings. The van der Waals surface area contributed by atoms with Crippen molar-refractivity contribution in [3.05, 3.63) is 54.0 Å². The van der Waals surface area contributed by atoms with E-state index in [2.05, 4.69) is 6.58 Å². The zero-order chi connectivity index (χ0) is 12.1. The van der Waals surface area contributed by atoms with Gasteiger partial charge in [-0.1, -0.05) is 24.3 Å². The van der Waals surface area contributed by atoms with E-state index in [0.29, 0.717) is 11.3 Å². The van der Waals surface area contributed by atoms with E-state index in [1.165, 1.54) is 6.26 Å². The van der Waals surface area contributed by atoms with E-state index in [4.69, 9.17) is 15.9 Å². The van der Waals surface area contributed by atoms with Crippen molar-refractivity contribution in [2.75, 3.05) is 5.73 Å². The van der Waals surface area contributed by atoms with Crippen molar-refractivity contribution in [3.63, 3.8) is 0 Å². The molecule has 0 fully saturated rings. The molecule has 0 heterocycles. The van der Waals surface area contributed by atoms with Gasteiger partial charge in [0.15, 0.2) is 0 Å². The van der Waals surface area contributed by atoms with E-state index in [9.17, 15) is 0 Å². The maximum Gasteiger partial charge on any atom is 0.144 e. The minimum atomic E-state index is 0.208. The van der Waals surface area contributed by atoms with Crippen LogP contribution in [0.1, 0.15) is 18.1 Å². The summed E-state index contributed by atoms with van der Waals surface area (Å²) in [7, 11) is 0. The molecular formula is C13H16N2O. The Hall–Kier alpha value is -2.03. The summed E-state index contributed by atoms with van der Waals surface area (Å²) in [5, 5.41) is 7.91. The van der Waals surface area contributed by atoms with E-state index in [1.54, 1.807) is 12.1 Å². The third-order valence-corrected chi connectivity index (χ3v) is 2.10. The third-order valence-electron chi connectivity index (χ3n) is 2.10. The van der Waals surface area contributed by atoms with E-state index >= 15 is 0 Å². The van der Waals surface area contributed by atoms with Crippen LogP contribution in [0, 0.1) is 12.3 Å². The number of anilines is 1. The lowest BCUT2D eigenvalue weighted by Gasteiger charge is -2.10. The molecule has 0 atom stereocenters. The van der Waals surface area contributed by atoms with Crippen LogP contribution in [0.4, 0.5) is 5.69 Å². The molecule has 0 bridgehead atoms. The topological polar surface area (TPSA) is 59.1 Å². The second kappa shape index (κ2) is 5.16. The number of nitrogens with two attached hydrogens (primary N) is 1. The molecule has 0 aliphatic heterocycles. The first-order chi connectivity index (χ1) is 7.56. The van der Waals surface area contributed by atoms with Crippen LogP contribution in [0.25, 0.3) is 0 Å². The van der Waals surface area contributed by atoms with Crippen molar-refractivity contribution in [2.24, 2.45) is 0 Å². The second-order valence-corrected chi connectivity index (χ2v) is 3.48. The van der Waals surface area contributed by atoms with Crippen LogP contribution in [0.2, 0.25) is 0 Å². The maximum absolute atomic E-state index is 7.91. The van der Waals surface area contributed by atoms with Gasteiger partial charge in [0.25, 0.3) is 0 Å². The lowest BCUT2D eigenvalue weighted by Crippen LogP contribution is -2.07. The molecule has 0 amide bonds. The minimum absolute atomic E-state index is 0.208. The summed E-state index contributed by atoms with van der Waals surface area (Å²) in [4.78, 5) is 0. The zero-order valence-electron chi connectivity index (χ0n) is 9.58. The second-order valence-electron chi connectivity index (χ2n) is 3.48. The molecule has 3 nitrogen and oxygen atoms in total. The van der Waals surface area contributed by atoms with E-state index in [1.807, 2.05) is 26.0 Å². The predicted molar refractivity (Wildman–Crippen MR) is 67.5 cm³/mol. The molecule has 0 aromatic heterocycles. The number of benzene rings is 1. The van der Waals surface area contributed by atoms with Gasteiger partial charge in [0, 0.05) is 11.3 Å². The average Bonchev–Trinajstić information content (AvgIpc) is 2.28. The van der Waals surface area contributed by atoms with Crippen molar-refractivity contribution >= 4 is 11.4 Å². The summed E-state index contributed by atoms with van der Waals surface area (Å²) in [5.41, 5.74) is 8.26. The van der Waals surface area contributed by atoms with Crippen LogP contribution < -0.4 is 5.73 Å². The monoisotopic (exact) mass is 216 g/mol. The molecule has 0 aliphatic carbocycles. The molecule has 3 N–H and O–H groups in total. The molecule has 16 heavy (non-hydrogen) atoms. The van der Waals surface area contributed by atoms with Crippen molar-refractivity contribution in [2.45, 2.75) is 13.8 Å². The molecular weight excluding hydrogens is 200 g/mol. The van der Waals surface area contributed by atoms with Crippen LogP contribution in [0.5, 0.6) is 0 Å². The van der Waals surface area contributed by atoms with Crippen molar-refractivity contribution < 1.29 is 4.74 Å². The van der Waals surface area contributed by atoms with Crippen molar-refractivity contribution in [3.8, 4) is 0 Å². The van der Waals surface area contributed by atoms with Crippen LogP contribution >= 0.6 is 0 Å². The Morgan fingerprint density at radius 2 is 2.19 bits per heavy atom. The largest absolute Gasteiger partial charge is 0.464 e. The normalized spacial score (nSPS) is 10.4. The molecule has 84 valence electrons. The van der Waals surface area contributed by atoms with E-state index in [-0.39, 0.29) is 11.5 Å². The number of nitrogen functional groups attached to an aromatic ring is 1.